The van der Waals surface area contributed by atoms with E-state index in [2.05, 4.69) is 0 Å². The van der Waals surface area contributed by atoms with Gasteiger partial charge < -0.3 is 4.74 Å². The van der Waals surface area contributed by atoms with Crippen molar-refractivity contribution < 1.29 is 18.3 Å². The van der Waals surface area contributed by atoms with Crippen LogP contribution in [0.3, 0.4) is 0 Å². The zero-order valence-electron chi connectivity index (χ0n) is 8.00. The molecule has 2 nitrogen and oxygen atoms in total. The van der Waals surface area contributed by atoms with Gasteiger partial charge in [-0.05, 0) is 6.42 Å². The van der Waals surface area contributed by atoms with Crippen molar-refractivity contribution in [3.05, 3.63) is 29.8 Å². The average molecular weight is 212 g/mol. The highest BCUT2D eigenvalue weighted by molar-refractivity contribution is 5.81. The van der Waals surface area contributed by atoms with Crippen molar-refractivity contribution in [1.29, 1.82) is 0 Å². The maximum Gasteiger partial charge on any atom is 0.136 e. The Hall–Kier alpha value is -1.45. The highest BCUT2D eigenvalue weighted by Gasteiger charge is 2.23. The molecule has 1 fully saturated rings. The molecule has 2 rings (SSSR count). The number of halogens is 2. The SMILES string of the molecule is O=C1CCC(Oc2cc(F)cc(F)c2)C1. The first-order valence-corrected chi connectivity index (χ1v) is 4.78. The minimum absolute atomic E-state index is 0.136. The normalized spacial score (nSPS) is 20.7. The summed E-state index contributed by atoms with van der Waals surface area (Å²) in [5, 5.41) is 0. The lowest BCUT2D eigenvalue weighted by Crippen LogP contribution is -2.12. The Morgan fingerprint density at radius 1 is 1.20 bits per heavy atom. The van der Waals surface area contributed by atoms with E-state index in [0.29, 0.717) is 19.3 Å². The fraction of sp³-hybridized carbons (Fsp3) is 0.364. The summed E-state index contributed by atoms with van der Waals surface area (Å²) < 4.78 is 30.9. The lowest BCUT2D eigenvalue weighted by Gasteiger charge is -2.12. The van der Waals surface area contributed by atoms with Gasteiger partial charge in [0.25, 0.3) is 0 Å². The lowest BCUT2D eigenvalue weighted by molar-refractivity contribution is -0.117. The number of rotatable bonds is 2. The van der Waals surface area contributed by atoms with Gasteiger partial charge >= 0.3 is 0 Å². The zero-order valence-corrected chi connectivity index (χ0v) is 8.00. The molecule has 0 amide bonds. The number of Topliss-reactive ketones (excluding diaryl/α,β-unsaturated/α-hetero) is 1. The second kappa shape index (κ2) is 3.96. The molecule has 1 aromatic carbocycles. The van der Waals surface area contributed by atoms with E-state index in [-0.39, 0.29) is 17.6 Å². The molecule has 0 aliphatic heterocycles. The van der Waals surface area contributed by atoms with Crippen LogP contribution >= 0.6 is 0 Å². The molecular weight excluding hydrogens is 202 g/mol. The van der Waals surface area contributed by atoms with Gasteiger partial charge in [0.05, 0.1) is 0 Å². The summed E-state index contributed by atoms with van der Waals surface area (Å²) >= 11 is 0. The van der Waals surface area contributed by atoms with E-state index in [1.807, 2.05) is 0 Å². The summed E-state index contributed by atoms with van der Waals surface area (Å²) in [6.45, 7) is 0. The van der Waals surface area contributed by atoms with Crippen LogP contribution < -0.4 is 4.74 Å². The van der Waals surface area contributed by atoms with Crippen LogP contribution in [-0.4, -0.2) is 11.9 Å². The minimum Gasteiger partial charge on any atom is -0.490 e. The van der Waals surface area contributed by atoms with Crippen molar-refractivity contribution in [3.8, 4) is 5.75 Å². The van der Waals surface area contributed by atoms with Gasteiger partial charge in [-0.1, -0.05) is 0 Å². The summed E-state index contributed by atoms with van der Waals surface area (Å²) in [6.07, 6.45) is 1.20. The molecule has 0 spiro atoms. The molecule has 1 unspecified atom stereocenters. The molecule has 0 heterocycles. The first-order chi connectivity index (χ1) is 7.13. The molecule has 15 heavy (non-hydrogen) atoms. The highest BCUT2D eigenvalue weighted by Crippen LogP contribution is 2.23. The van der Waals surface area contributed by atoms with Crippen LogP contribution in [-0.2, 0) is 4.79 Å². The Bertz CT molecular complexity index is 370. The van der Waals surface area contributed by atoms with E-state index >= 15 is 0 Å². The first kappa shape index (κ1) is 10.1. The molecular formula is C11H10F2O2. The summed E-state index contributed by atoms with van der Waals surface area (Å²) in [5.74, 6) is -1.06. The van der Waals surface area contributed by atoms with E-state index in [9.17, 15) is 13.6 Å². The summed E-state index contributed by atoms with van der Waals surface area (Å²) in [4.78, 5) is 10.9. The van der Waals surface area contributed by atoms with Gasteiger partial charge in [0.2, 0.25) is 0 Å². The van der Waals surface area contributed by atoms with Crippen LogP contribution in [0.2, 0.25) is 0 Å². The van der Waals surface area contributed by atoms with Crippen molar-refractivity contribution in [2.45, 2.75) is 25.4 Å². The maximum absolute atomic E-state index is 12.8. The van der Waals surface area contributed by atoms with Crippen molar-refractivity contribution >= 4 is 5.78 Å². The van der Waals surface area contributed by atoms with Crippen LogP contribution in [0.5, 0.6) is 5.75 Å². The van der Waals surface area contributed by atoms with E-state index in [1.54, 1.807) is 0 Å². The van der Waals surface area contributed by atoms with Gasteiger partial charge in [-0.25, -0.2) is 8.78 Å². The zero-order chi connectivity index (χ0) is 10.8. The molecule has 4 heteroatoms. The summed E-state index contributed by atoms with van der Waals surface area (Å²) in [7, 11) is 0. The lowest BCUT2D eigenvalue weighted by atomic mass is 10.3. The fourth-order valence-corrected chi connectivity index (χ4v) is 1.67. The van der Waals surface area contributed by atoms with Gasteiger partial charge in [-0.2, -0.15) is 0 Å². The quantitative estimate of drug-likeness (QED) is 0.752. The standard InChI is InChI=1S/C11H10F2O2/c12-7-3-8(13)5-11(4-7)15-10-2-1-9(14)6-10/h3-5,10H,1-2,6H2. The third kappa shape index (κ3) is 2.52. The van der Waals surface area contributed by atoms with E-state index in [1.165, 1.54) is 0 Å². The average Bonchev–Trinajstić information content (AvgIpc) is 2.49. The van der Waals surface area contributed by atoms with Crippen molar-refractivity contribution in [1.82, 2.24) is 0 Å². The van der Waals surface area contributed by atoms with E-state index in [4.69, 9.17) is 4.74 Å². The van der Waals surface area contributed by atoms with E-state index in [0.717, 1.165) is 18.2 Å². The Kier molecular flexibility index (Phi) is 2.66. The number of ether oxygens (including phenoxy) is 1. The van der Waals surface area contributed by atoms with Crippen LogP contribution in [0.1, 0.15) is 19.3 Å². The van der Waals surface area contributed by atoms with Crippen molar-refractivity contribution in [2.75, 3.05) is 0 Å². The maximum atomic E-state index is 12.8. The largest absolute Gasteiger partial charge is 0.490 e. The van der Waals surface area contributed by atoms with Crippen LogP contribution in [0.4, 0.5) is 8.78 Å². The van der Waals surface area contributed by atoms with Gasteiger partial charge in [0, 0.05) is 31.0 Å². The number of ketones is 1. The predicted octanol–water partition coefficient (Wildman–Crippen LogP) is 2.47. The minimum atomic E-state index is -0.672. The summed E-state index contributed by atoms with van der Waals surface area (Å²) in [6, 6.07) is 3.02. The molecule has 0 radical (unpaired) electrons. The predicted molar refractivity (Wildman–Crippen MR) is 49.6 cm³/mol. The Balaban J connectivity index is 2.07. The Morgan fingerprint density at radius 3 is 2.40 bits per heavy atom. The number of carbonyl (C=O) groups is 1. The third-order valence-electron chi connectivity index (χ3n) is 2.34. The Labute approximate surface area is 85.9 Å². The molecule has 1 aromatic rings. The van der Waals surface area contributed by atoms with Gasteiger partial charge in [0.15, 0.2) is 0 Å². The smallest absolute Gasteiger partial charge is 0.136 e. The first-order valence-electron chi connectivity index (χ1n) is 4.78. The van der Waals surface area contributed by atoms with Crippen molar-refractivity contribution in [3.63, 3.8) is 0 Å². The second-order valence-corrected chi connectivity index (χ2v) is 3.63. The number of hydrogen-bond acceptors (Lipinski definition) is 2. The van der Waals surface area contributed by atoms with E-state index < -0.39 is 11.6 Å². The number of benzene rings is 1. The number of carbonyl (C=O) groups excluding carboxylic acids is 1. The highest BCUT2D eigenvalue weighted by atomic mass is 19.1. The monoisotopic (exact) mass is 212 g/mol. The molecule has 0 N–H and O–H groups in total. The topological polar surface area (TPSA) is 26.3 Å². The molecule has 1 aliphatic rings. The molecule has 1 atom stereocenters. The van der Waals surface area contributed by atoms with Crippen molar-refractivity contribution in [2.24, 2.45) is 0 Å². The summed E-state index contributed by atoms with van der Waals surface area (Å²) in [5.41, 5.74) is 0. The molecule has 1 aliphatic carbocycles. The molecule has 0 aromatic heterocycles. The number of hydrogen-bond donors (Lipinski definition) is 0. The third-order valence-corrected chi connectivity index (χ3v) is 2.34. The van der Waals surface area contributed by atoms with Crippen LogP contribution in [0, 0.1) is 11.6 Å². The molecule has 0 saturated heterocycles. The molecule has 0 bridgehead atoms. The Morgan fingerprint density at radius 2 is 1.87 bits per heavy atom. The molecule has 80 valence electrons. The second-order valence-electron chi connectivity index (χ2n) is 3.63. The van der Waals surface area contributed by atoms with Crippen LogP contribution in [0.15, 0.2) is 18.2 Å². The molecule has 1 saturated carbocycles. The van der Waals surface area contributed by atoms with Gasteiger partial charge in [-0.3, -0.25) is 4.79 Å². The fourth-order valence-electron chi connectivity index (χ4n) is 1.67. The van der Waals surface area contributed by atoms with Crippen LogP contribution in [0.25, 0.3) is 0 Å². The van der Waals surface area contributed by atoms with Gasteiger partial charge in [0.1, 0.15) is 29.3 Å². The van der Waals surface area contributed by atoms with Gasteiger partial charge in [-0.15, -0.1) is 0 Å².